The van der Waals surface area contributed by atoms with Gasteiger partial charge in [0.1, 0.15) is 5.92 Å². The van der Waals surface area contributed by atoms with E-state index in [9.17, 15) is 0 Å². The molecule has 0 aliphatic carbocycles. The van der Waals surface area contributed by atoms with Crippen molar-refractivity contribution in [1.82, 2.24) is 0 Å². The normalized spacial score (nSPS) is 13.7. The minimum absolute atomic E-state index is 0.358. The van der Waals surface area contributed by atoms with Crippen LogP contribution in [0.5, 0.6) is 0 Å². The highest BCUT2D eigenvalue weighted by Gasteiger charge is 2.23. The van der Waals surface area contributed by atoms with Crippen LogP contribution in [-0.2, 0) is 0 Å². The Balaban J connectivity index is 2.92. The molecule has 0 aliphatic rings. The molecule has 0 amide bonds. The molecule has 0 radical (unpaired) electrons. The first-order valence-electron chi connectivity index (χ1n) is 6.22. The SMILES string of the molecule is CCCC(CC)C(C#[N+]C)c1ccccc1. The molecule has 1 aromatic rings. The van der Waals surface area contributed by atoms with Crippen LogP contribution in [-0.4, -0.2) is 7.05 Å². The first-order chi connectivity index (χ1) is 7.83. The van der Waals surface area contributed by atoms with Gasteiger partial charge in [-0.15, -0.1) is 0 Å². The van der Waals surface area contributed by atoms with Crippen LogP contribution in [0.3, 0.4) is 0 Å². The molecule has 0 bridgehead atoms. The molecule has 1 aromatic carbocycles. The Morgan fingerprint density at radius 1 is 1.19 bits per heavy atom. The number of nitrogens with zero attached hydrogens (tertiary/aromatic N) is 1. The average Bonchev–Trinajstić information content (AvgIpc) is 2.35. The third-order valence-electron chi connectivity index (χ3n) is 3.08. The van der Waals surface area contributed by atoms with E-state index in [0.29, 0.717) is 11.8 Å². The maximum absolute atomic E-state index is 4.11. The van der Waals surface area contributed by atoms with Crippen molar-refractivity contribution in [1.29, 1.82) is 0 Å². The molecule has 0 spiro atoms. The van der Waals surface area contributed by atoms with Gasteiger partial charge in [-0.3, -0.25) is 0 Å². The molecule has 0 saturated carbocycles. The van der Waals surface area contributed by atoms with Gasteiger partial charge >= 0.3 is 0 Å². The van der Waals surface area contributed by atoms with E-state index in [4.69, 9.17) is 0 Å². The molecular formula is C15H22N+. The van der Waals surface area contributed by atoms with Crippen LogP contribution < -0.4 is 0 Å². The molecule has 2 unspecified atom stereocenters. The molecule has 0 aliphatic heterocycles. The van der Waals surface area contributed by atoms with Crippen molar-refractivity contribution in [3.8, 4) is 6.07 Å². The summed E-state index contributed by atoms with van der Waals surface area (Å²) in [5.41, 5.74) is 1.34. The van der Waals surface area contributed by atoms with Gasteiger partial charge in [-0.2, -0.15) is 0 Å². The van der Waals surface area contributed by atoms with E-state index in [2.05, 4.69) is 55.1 Å². The number of hydrogen-bond acceptors (Lipinski definition) is 0. The van der Waals surface area contributed by atoms with Crippen LogP contribution in [0.2, 0.25) is 0 Å². The van der Waals surface area contributed by atoms with E-state index < -0.39 is 0 Å². The van der Waals surface area contributed by atoms with E-state index >= 15 is 0 Å². The van der Waals surface area contributed by atoms with Crippen molar-refractivity contribution in [2.75, 3.05) is 7.05 Å². The predicted octanol–water partition coefficient (Wildman–Crippen LogP) is 4.56. The molecule has 86 valence electrons. The van der Waals surface area contributed by atoms with Crippen molar-refractivity contribution in [3.63, 3.8) is 0 Å². The molecule has 0 heterocycles. The summed E-state index contributed by atoms with van der Waals surface area (Å²) in [5.74, 6) is 1.02. The molecule has 0 aromatic heterocycles. The van der Waals surface area contributed by atoms with Crippen LogP contribution in [0, 0.1) is 12.0 Å². The molecule has 0 saturated heterocycles. The highest BCUT2D eigenvalue weighted by molar-refractivity contribution is 5.27. The van der Waals surface area contributed by atoms with Gasteiger partial charge in [0.15, 0.2) is 0 Å². The lowest BCUT2D eigenvalue weighted by atomic mass is 9.82. The summed E-state index contributed by atoms with van der Waals surface area (Å²) in [7, 11) is 1.81. The summed E-state index contributed by atoms with van der Waals surface area (Å²) in [5, 5.41) is 0. The lowest BCUT2D eigenvalue weighted by Crippen LogP contribution is -2.10. The Bertz CT molecular complexity index is 345. The minimum Gasteiger partial charge on any atom is -0.0863 e. The Morgan fingerprint density at radius 3 is 2.38 bits per heavy atom. The second kappa shape index (κ2) is 7.06. The van der Waals surface area contributed by atoms with E-state index in [1.165, 1.54) is 24.8 Å². The van der Waals surface area contributed by atoms with Crippen LogP contribution in [0.4, 0.5) is 0 Å². The van der Waals surface area contributed by atoms with Gasteiger partial charge in [0.25, 0.3) is 13.1 Å². The van der Waals surface area contributed by atoms with E-state index in [-0.39, 0.29) is 0 Å². The zero-order chi connectivity index (χ0) is 11.8. The topological polar surface area (TPSA) is 4.36 Å². The van der Waals surface area contributed by atoms with Crippen LogP contribution in [0.15, 0.2) is 30.3 Å². The number of hydrogen-bond donors (Lipinski definition) is 0. The van der Waals surface area contributed by atoms with Crippen molar-refractivity contribution in [2.24, 2.45) is 5.92 Å². The second-order valence-corrected chi connectivity index (χ2v) is 4.20. The molecule has 0 N–H and O–H groups in total. The molecule has 1 heteroatoms. The first-order valence-corrected chi connectivity index (χ1v) is 6.22. The number of rotatable bonds is 5. The number of benzene rings is 1. The van der Waals surface area contributed by atoms with Gasteiger partial charge in [-0.25, -0.2) is 0 Å². The van der Waals surface area contributed by atoms with Crippen molar-refractivity contribution >= 4 is 0 Å². The van der Waals surface area contributed by atoms with Crippen LogP contribution in [0.1, 0.15) is 44.6 Å². The fraction of sp³-hybridized carbons (Fsp3) is 0.533. The van der Waals surface area contributed by atoms with Gasteiger partial charge in [-0.05, 0) is 17.9 Å². The van der Waals surface area contributed by atoms with Crippen LogP contribution >= 0.6 is 0 Å². The molecule has 16 heavy (non-hydrogen) atoms. The van der Waals surface area contributed by atoms with Gasteiger partial charge in [0.05, 0.1) is 0 Å². The monoisotopic (exact) mass is 216 g/mol. The van der Waals surface area contributed by atoms with Gasteiger partial charge in [0.2, 0.25) is 0 Å². The van der Waals surface area contributed by atoms with Crippen molar-refractivity contribution in [3.05, 3.63) is 40.7 Å². The van der Waals surface area contributed by atoms with Crippen LogP contribution in [0.25, 0.3) is 4.85 Å². The fourth-order valence-electron chi connectivity index (χ4n) is 2.23. The molecule has 1 rings (SSSR count). The first kappa shape index (κ1) is 12.8. The van der Waals surface area contributed by atoms with Gasteiger partial charge < -0.3 is 0 Å². The third-order valence-corrected chi connectivity index (χ3v) is 3.08. The van der Waals surface area contributed by atoms with E-state index in [1.807, 2.05) is 7.05 Å². The molecular weight excluding hydrogens is 194 g/mol. The fourth-order valence-corrected chi connectivity index (χ4v) is 2.23. The largest absolute Gasteiger partial charge is 0.281 e. The zero-order valence-electron chi connectivity index (χ0n) is 10.6. The summed E-state index contributed by atoms with van der Waals surface area (Å²) in [4.78, 5) is 4.11. The maximum atomic E-state index is 4.11. The second-order valence-electron chi connectivity index (χ2n) is 4.20. The highest BCUT2D eigenvalue weighted by Crippen LogP contribution is 2.30. The summed E-state index contributed by atoms with van der Waals surface area (Å²) >= 11 is 0. The smallest absolute Gasteiger partial charge is 0.0863 e. The standard InChI is InChI=1S/C15H22N/c1-4-9-13(5-2)15(12-16-3)14-10-7-6-8-11-14/h6-8,10-11,13,15H,4-5,9H2,1-3H3/q+1. The summed E-state index contributed by atoms with van der Waals surface area (Å²) in [6.45, 7) is 4.50. The lowest BCUT2D eigenvalue weighted by molar-refractivity contribution is 0.431. The average molecular weight is 216 g/mol. The summed E-state index contributed by atoms with van der Waals surface area (Å²) in [6, 6.07) is 13.9. The Hall–Kier alpha value is -1.29. The van der Waals surface area contributed by atoms with E-state index in [0.717, 1.165) is 0 Å². The lowest BCUT2D eigenvalue weighted by Gasteiger charge is -2.18. The Morgan fingerprint density at radius 2 is 1.88 bits per heavy atom. The summed E-state index contributed by atoms with van der Waals surface area (Å²) < 4.78 is 0. The van der Waals surface area contributed by atoms with Gasteiger partial charge in [-0.1, -0.05) is 61.9 Å². The Kier molecular flexibility index (Phi) is 5.64. The minimum atomic E-state index is 0.358. The highest BCUT2D eigenvalue weighted by atomic mass is 14.6. The zero-order valence-corrected chi connectivity index (χ0v) is 10.6. The third kappa shape index (κ3) is 3.38. The van der Waals surface area contributed by atoms with Crippen molar-refractivity contribution in [2.45, 2.75) is 39.0 Å². The summed E-state index contributed by atoms with van der Waals surface area (Å²) in [6.07, 6.45) is 3.67. The van der Waals surface area contributed by atoms with Crippen molar-refractivity contribution < 1.29 is 0 Å². The van der Waals surface area contributed by atoms with E-state index in [1.54, 1.807) is 0 Å². The molecule has 0 fully saturated rings. The maximum Gasteiger partial charge on any atom is 0.281 e. The Labute approximate surface area is 99.3 Å². The molecule has 1 nitrogen and oxygen atoms in total. The molecule has 2 atom stereocenters. The predicted molar refractivity (Wildman–Crippen MR) is 71.0 cm³/mol. The van der Waals surface area contributed by atoms with Gasteiger partial charge in [0, 0.05) is 0 Å². The quantitative estimate of drug-likeness (QED) is 0.679.